The van der Waals surface area contributed by atoms with Gasteiger partial charge in [-0.2, -0.15) is 0 Å². The Hall–Kier alpha value is -1.29. The molecule has 11 heteroatoms. The van der Waals surface area contributed by atoms with Crippen LogP contribution in [0.15, 0.2) is 12.2 Å². The third-order valence-corrected chi connectivity index (χ3v) is 6.23. The number of carbonyl (C=O) groups is 2. The van der Waals surface area contributed by atoms with Crippen LogP contribution < -0.4 is 0 Å². The summed E-state index contributed by atoms with van der Waals surface area (Å²) in [5, 5.41) is 18.5. The molecule has 0 saturated heterocycles. The zero-order valence-electron chi connectivity index (χ0n) is 22.0. The largest absolute Gasteiger partial charge is 0.472 e. The lowest BCUT2D eigenvalue weighted by Gasteiger charge is -2.20. The molecule has 0 aromatic carbocycles. The fraction of sp³-hybridized carbons (Fsp3) is 0.840. The second-order valence-corrected chi connectivity index (χ2v) is 10.1. The molecule has 0 amide bonds. The van der Waals surface area contributed by atoms with Gasteiger partial charge in [0.15, 0.2) is 0 Å². The lowest BCUT2D eigenvalue weighted by atomic mass is 10.1. The van der Waals surface area contributed by atoms with Crippen molar-refractivity contribution in [2.24, 2.45) is 0 Å². The van der Waals surface area contributed by atoms with E-state index in [2.05, 4.69) is 19.1 Å². The highest BCUT2D eigenvalue weighted by Crippen LogP contribution is 2.43. The molecule has 0 aromatic heterocycles. The Kier molecular flexibility index (Phi) is 22.1. The highest BCUT2D eigenvalue weighted by Gasteiger charge is 2.27. The van der Waals surface area contributed by atoms with Crippen molar-refractivity contribution in [2.75, 3.05) is 26.4 Å². The Balaban J connectivity index is 3.97. The van der Waals surface area contributed by atoms with E-state index in [-0.39, 0.29) is 12.8 Å². The number of carbonyl (C=O) groups excluding carboxylic acids is 2. The second-order valence-electron chi connectivity index (χ2n) is 8.63. The summed E-state index contributed by atoms with van der Waals surface area (Å²) >= 11 is 0. The predicted molar refractivity (Wildman–Crippen MR) is 136 cm³/mol. The zero-order chi connectivity index (χ0) is 27.1. The van der Waals surface area contributed by atoms with Crippen LogP contribution in [0.5, 0.6) is 0 Å². The van der Waals surface area contributed by atoms with E-state index in [4.69, 9.17) is 23.6 Å². The van der Waals surface area contributed by atoms with Gasteiger partial charge in [-0.05, 0) is 32.1 Å². The second kappa shape index (κ2) is 22.9. The van der Waals surface area contributed by atoms with Crippen LogP contribution in [-0.2, 0) is 32.7 Å². The first-order valence-corrected chi connectivity index (χ1v) is 14.6. The van der Waals surface area contributed by atoms with E-state index in [9.17, 15) is 24.2 Å². The quantitative estimate of drug-likeness (QED) is 0.0689. The molecule has 0 heterocycles. The molecule has 0 aliphatic heterocycles. The minimum Gasteiger partial charge on any atom is -0.457 e. The Morgan fingerprint density at radius 3 is 1.72 bits per heavy atom. The summed E-state index contributed by atoms with van der Waals surface area (Å²) in [5.74, 6) is -1.12. The zero-order valence-corrected chi connectivity index (χ0v) is 22.9. The molecule has 3 N–H and O–H groups in total. The van der Waals surface area contributed by atoms with Crippen LogP contribution in [0.3, 0.4) is 0 Å². The van der Waals surface area contributed by atoms with E-state index in [1.54, 1.807) is 6.92 Å². The molecule has 0 aliphatic carbocycles. The average molecular weight is 539 g/mol. The predicted octanol–water partition coefficient (Wildman–Crippen LogP) is 4.60. The number of aliphatic hydroxyl groups is 2. The summed E-state index contributed by atoms with van der Waals surface area (Å²) < 4.78 is 31.4. The van der Waals surface area contributed by atoms with Gasteiger partial charge in [-0.3, -0.25) is 18.6 Å². The molecule has 0 bridgehead atoms. The number of hydrogen-bond acceptors (Lipinski definition) is 9. The van der Waals surface area contributed by atoms with Gasteiger partial charge < -0.3 is 24.6 Å². The number of esters is 2. The first-order valence-electron chi connectivity index (χ1n) is 13.1. The van der Waals surface area contributed by atoms with Gasteiger partial charge in [0.05, 0.1) is 26.4 Å². The van der Waals surface area contributed by atoms with Crippen LogP contribution >= 0.6 is 7.82 Å². The maximum absolute atomic E-state index is 12.0. The summed E-state index contributed by atoms with van der Waals surface area (Å²) in [7, 11) is -4.58. The van der Waals surface area contributed by atoms with Crippen molar-refractivity contribution in [1.82, 2.24) is 0 Å². The van der Waals surface area contributed by atoms with E-state index in [0.717, 1.165) is 38.5 Å². The van der Waals surface area contributed by atoms with Crippen LogP contribution in [0.2, 0.25) is 0 Å². The average Bonchev–Trinajstić information content (AvgIpc) is 2.86. The first kappa shape index (κ1) is 34.7. The molecule has 0 spiro atoms. The van der Waals surface area contributed by atoms with Crippen molar-refractivity contribution < 1.29 is 47.8 Å². The van der Waals surface area contributed by atoms with Crippen molar-refractivity contribution in [3.05, 3.63) is 12.2 Å². The molecule has 212 valence electrons. The van der Waals surface area contributed by atoms with Gasteiger partial charge in [0.2, 0.25) is 0 Å². The first-order chi connectivity index (χ1) is 17.3. The summed E-state index contributed by atoms with van der Waals surface area (Å²) in [5.41, 5.74) is 0. The van der Waals surface area contributed by atoms with E-state index >= 15 is 0 Å². The monoisotopic (exact) mass is 538 g/mol. The molecule has 3 atom stereocenters. The third-order valence-electron chi connectivity index (χ3n) is 5.28. The highest BCUT2D eigenvalue weighted by atomic mass is 31.2. The van der Waals surface area contributed by atoms with Crippen LogP contribution in [-0.4, -0.2) is 65.7 Å². The Morgan fingerprint density at radius 1 is 0.750 bits per heavy atom. The van der Waals surface area contributed by atoms with Crippen molar-refractivity contribution in [2.45, 2.75) is 110 Å². The maximum Gasteiger partial charge on any atom is 0.472 e. The number of rotatable bonds is 24. The van der Waals surface area contributed by atoms with Gasteiger partial charge in [0.25, 0.3) is 0 Å². The van der Waals surface area contributed by atoms with Crippen LogP contribution in [0.25, 0.3) is 0 Å². The third kappa shape index (κ3) is 20.9. The molecule has 10 nitrogen and oxygen atoms in total. The van der Waals surface area contributed by atoms with E-state index in [1.807, 2.05) is 0 Å². The standard InChI is InChI=1S/C25H47O10P/c1-3-5-6-7-8-9-10-11-12-13-14-15-16-17-25(29)35-23(19-27)21-33-36(30,31)32-20-22(18-26)34-24(28)4-2/h9-10,22-23,26-27H,3-8,11-21H2,1-2H3,(H,30,31)/b10-9-. The molecule has 0 aromatic rings. The minimum atomic E-state index is -4.58. The van der Waals surface area contributed by atoms with Crippen molar-refractivity contribution in [3.8, 4) is 0 Å². The summed E-state index contributed by atoms with van der Waals surface area (Å²) in [6.07, 6.45) is 14.7. The Morgan fingerprint density at radius 2 is 1.22 bits per heavy atom. The highest BCUT2D eigenvalue weighted by molar-refractivity contribution is 7.47. The smallest absolute Gasteiger partial charge is 0.457 e. The summed E-state index contributed by atoms with van der Waals surface area (Å²) in [4.78, 5) is 33.0. The van der Waals surface area contributed by atoms with Crippen LogP contribution in [0.1, 0.15) is 97.3 Å². The Labute approximate surface area is 216 Å². The molecule has 0 fully saturated rings. The summed E-state index contributed by atoms with van der Waals surface area (Å²) in [6.45, 7) is 1.47. The Bertz CT molecular complexity index is 640. The maximum atomic E-state index is 12.0. The van der Waals surface area contributed by atoms with Gasteiger partial charge >= 0.3 is 19.8 Å². The molecular weight excluding hydrogens is 491 g/mol. The van der Waals surface area contributed by atoms with Crippen molar-refractivity contribution in [3.63, 3.8) is 0 Å². The van der Waals surface area contributed by atoms with E-state index in [0.29, 0.717) is 6.42 Å². The number of ether oxygens (including phenoxy) is 2. The van der Waals surface area contributed by atoms with Gasteiger partial charge in [-0.1, -0.05) is 64.5 Å². The van der Waals surface area contributed by atoms with Gasteiger partial charge in [0, 0.05) is 12.8 Å². The number of phosphoric ester groups is 1. The fourth-order valence-electron chi connectivity index (χ4n) is 3.14. The summed E-state index contributed by atoms with van der Waals surface area (Å²) in [6, 6.07) is 0. The normalized spacial score (nSPS) is 14.9. The number of allylic oxidation sites excluding steroid dienone is 2. The molecule has 0 aliphatic rings. The van der Waals surface area contributed by atoms with Crippen LogP contribution in [0.4, 0.5) is 0 Å². The number of unbranched alkanes of at least 4 members (excludes halogenated alkanes) is 9. The SMILES string of the molecule is CCCCCC/C=C\CCCCCCCC(=O)OC(CO)COP(=O)(O)OCC(CO)OC(=O)CC. The van der Waals surface area contributed by atoms with Crippen molar-refractivity contribution in [1.29, 1.82) is 0 Å². The van der Waals surface area contributed by atoms with Gasteiger partial charge in [0.1, 0.15) is 12.2 Å². The fourth-order valence-corrected chi connectivity index (χ4v) is 3.92. The van der Waals surface area contributed by atoms with Crippen molar-refractivity contribution >= 4 is 19.8 Å². The van der Waals surface area contributed by atoms with Gasteiger partial charge in [-0.15, -0.1) is 0 Å². The topological polar surface area (TPSA) is 149 Å². The minimum absolute atomic E-state index is 0.0736. The molecule has 36 heavy (non-hydrogen) atoms. The number of aliphatic hydroxyl groups excluding tert-OH is 2. The molecule has 0 saturated carbocycles. The molecule has 0 radical (unpaired) electrons. The number of phosphoric acid groups is 1. The lowest BCUT2D eigenvalue weighted by Crippen LogP contribution is -2.28. The van der Waals surface area contributed by atoms with E-state index < -0.39 is 58.4 Å². The molecule has 0 rings (SSSR count). The van der Waals surface area contributed by atoms with E-state index in [1.165, 1.54) is 25.7 Å². The van der Waals surface area contributed by atoms with Crippen LogP contribution in [0, 0.1) is 0 Å². The molecule has 3 unspecified atom stereocenters. The molecular formula is C25H47O10P. The number of hydrogen-bond donors (Lipinski definition) is 3. The van der Waals surface area contributed by atoms with Gasteiger partial charge in [-0.25, -0.2) is 4.57 Å². The lowest BCUT2D eigenvalue weighted by molar-refractivity contribution is -0.153.